The summed E-state index contributed by atoms with van der Waals surface area (Å²) in [6, 6.07) is 7.89. The Labute approximate surface area is 119 Å². The van der Waals surface area contributed by atoms with Crippen LogP contribution in [0.15, 0.2) is 34.1 Å². The van der Waals surface area contributed by atoms with Crippen LogP contribution in [0.2, 0.25) is 0 Å². The van der Waals surface area contributed by atoms with E-state index in [9.17, 15) is 4.79 Å². The zero-order chi connectivity index (χ0) is 14.1. The largest absolute Gasteiger partial charge is 0.481 e. The van der Waals surface area contributed by atoms with E-state index in [2.05, 4.69) is 11.9 Å². The smallest absolute Gasteiger partial charge is 0.310 e. The molecule has 0 unspecified atom stereocenters. The third-order valence-electron chi connectivity index (χ3n) is 3.14. The minimum Gasteiger partial charge on any atom is -0.481 e. The summed E-state index contributed by atoms with van der Waals surface area (Å²) in [7, 11) is 0. The van der Waals surface area contributed by atoms with Gasteiger partial charge < -0.3 is 9.52 Å². The van der Waals surface area contributed by atoms with E-state index >= 15 is 0 Å². The van der Waals surface area contributed by atoms with Crippen molar-refractivity contribution >= 4 is 28.3 Å². The van der Waals surface area contributed by atoms with Crippen molar-refractivity contribution in [1.29, 1.82) is 0 Å². The van der Waals surface area contributed by atoms with E-state index in [0.717, 1.165) is 34.4 Å². The van der Waals surface area contributed by atoms with Gasteiger partial charge in [0.15, 0.2) is 5.76 Å². The number of carbonyl (C=O) groups is 1. The highest BCUT2D eigenvalue weighted by molar-refractivity contribution is 7.10. The number of thiazole rings is 1. The van der Waals surface area contributed by atoms with Gasteiger partial charge in [0.05, 0.1) is 6.42 Å². The Morgan fingerprint density at radius 1 is 1.40 bits per heavy atom. The zero-order valence-corrected chi connectivity index (χ0v) is 11.7. The maximum absolute atomic E-state index is 10.7. The van der Waals surface area contributed by atoms with Crippen molar-refractivity contribution in [2.75, 3.05) is 0 Å². The van der Waals surface area contributed by atoms with E-state index in [1.54, 1.807) is 0 Å². The van der Waals surface area contributed by atoms with Gasteiger partial charge in [0.2, 0.25) is 0 Å². The molecule has 0 aliphatic heterocycles. The molecule has 4 nitrogen and oxygen atoms in total. The van der Waals surface area contributed by atoms with Gasteiger partial charge in [-0.2, -0.15) is 0 Å². The van der Waals surface area contributed by atoms with Gasteiger partial charge in [-0.3, -0.25) is 4.79 Å². The monoisotopic (exact) mass is 287 g/mol. The maximum Gasteiger partial charge on any atom is 0.310 e. The quantitative estimate of drug-likeness (QED) is 0.793. The number of rotatable bonds is 4. The lowest BCUT2D eigenvalue weighted by atomic mass is 10.1. The number of carboxylic acid groups (broad SMARTS) is 1. The van der Waals surface area contributed by atoms with Gasteiger partial charge in [0, 0.05) is 16.3 Å². The molecule has 0 atom stereocenters. The molecule has 0 aliphatic carbocycles. The minimum atomic E-state index is -0.869. The van der Waals surface area contributed by atoms with Gasteiger partial charge in [-0.1, -0.05) is 25.1 Å². The number of hydrogen-bond donors (Lipinski definition) is 1. The molecule has 0 fully saturated rings. The molecule has 3 rings (SSSR count). The molecular weight excluding hydrogens is 274 g/mol. The van der Waals surface area contributed by atoms with Crippen molar-refractivity contribution < 1.29 is 14.3 Å². The molecule has 20 heavy (non-hydrogen) atoms. The van der Waals surface area contributed by atoms with E-state index in [1.165, 1.54) is 11.3 Å². The Balaban J connectivity index is 2.09. The van der Waals surface area contributed by atoms with E-state index < -0.39 is 5.97 Å². The minimum absolute atomic E-state index is 0.0493. The number of benzene rings is 1. The van der Waals surface area contributed by atoms with E-state index in [4.69, 9.17) is 9.52 Å². The maximum atomic E-state index is 10.7. The summed E-state index contributed by atoms with van der Waals surface area (Å²) in [5, 5.41) is 12.3. The van der Waals surface area contributed by atoms with E-state index in [0.29, 0.717) is 5.01 Å². The molecule has 0 saturated carbocycles. The molecule has 102 valence electrons. The van der Waals surface area contributed by atoms with Gasteiger partial charge in [-0.15, -0.1) is 11.3 Å². The van der Waals surface area contributed by atoms with Gasteiger partial charge in [-0.25, -0.2) is 4.98 Å². The van der Waals surface area contributed by atoms with Crippen LogP contribution >= 0.6 is 11.3 Å². The predicted octanol–water partition coefficient (Wildman–Crippen LogP) is 3.75. The van der Waals surface area contributed by atoms with Crippen LogP contribution in [0.25, 0.3) is 22.4 Å². The summed E-state index contributed by atoms with van der Waals surface area (Å²) >= 11 is 1.35. The number of aryl methyl sites for hydroxylation is 1. The number of nitrogens with zero attached hydrogens (tertiary/aromatic N) is 1. The Morgan fingerprint density at radius 3 is 2.95 bits per heavy atom. The fraction of sp³-hybridized carbons (Fsp3) is 0.200. The van der Waals surface area contributed by atoms with E-state index in [1.807, 2.05) is 29.6 Å². The van der Waals surface area contributed by atoms with Crippen molar-refractivity contribution in [2.45, 2.75) is 19.8 Å². The highest BCUT2D eigenvalue weighted by Crippen LogP contribution is 2.34. The van der Waals surface area contributed by atoms with E-state index in [-0.39, 0.29) is 6.42 Å². The molecule has 0 amide bonds. The number of carboxylic acids is 1. The average Bonchev–Trinajstić information content (AvgIpc) is 3.01. The van der Waals surface area contributed by atoms with Crippen LogP contribution in [0.1, 0.15) is 17.5 Å². The van der Waals surface area contributed by atoms with Crippen molar-refractivity contribution in [3.05, 3.63) is 40.2 Å². The standard InChI is InChI=1S/C15H13NO3S/c1-2-9-10-5-3-4-6-12(10)19-15(9)11-8-20-13(16-11)7-14(17)18/h3-6,8H,2,7H2,1H3,(H,17,18). The van der Waals surface area contributed by atoms with Crippen molar-refractivity contribution in [3.63, 3.8) is 0 Å². The van der Waals surface area contributed by atoms with Crippen LogP contribution in [-0.4, -0.2) is 16.1 Å². The summed E-state index contributed by atoms with van der Waals surface area (Å²) in [4.78, 5) is 15.1. The molecule has 0 saturated heterocycles. The molecule has 0 bridgehead atoms. The fourth-order valence-electron chi connectivity index (χ4n) is 2.28. The van der Waals surface area contributed by atoms with Crippen molar-refractivity contribution in [2.24, 2.45) is 0 Å². The Bertz CT molecular complexity index is 772. The SMILES string of the molecule is CCc1c(-c2csc(CC(=O)O)n2)oc2ccccc12. The molecular formula is C15H13NO3S. The first kappa shape index (κ1) is 12.9. The predicted molar refractivity (Wildman–Crippen MR) is 78.0 cm³/mol. The first-order valence-corrected chi connectivity index (χ1v) is 7.24. The lowest BCUT2D eigenvalue weighted by Crippen LogP contribution is -1.99. The summed E-state index contributed by atoms with van der Waals surface area (Å²) < 4.78 is 5.89. The average molecular weight is 287 g/mol. The fourth-order valence-corrected chi connectivity index (χ4v) is 3.05. The third-order valence-corrected chi connectivity index (χ3v) is 3.99. The van der Waals surface area contributed by atoms with Gasteiger partial charge in [0.1, 0.15) is 16.3 Å². The molecule has 0 aliphatic rings. The summed E-state index contributed by atoms with van der Waals surface area (Å²) in [6.07, 6.45) is 0.796. The second-order valence-corrected chi connectivity index (χ2v) is 5.40. The molecule has 2 aromatic heterocycles. The molecule has 1 N–H and O–H groups in total. The van der Waals surface area contributed by atoms with Crippen molar-refractivity contribution in [3.8, 4) is 11.5 Å². The number of fused-ring (bicyclic) bond motifs is 1. The normalized spacial score (nSPS) is 11.1. The molecule has 2 heterocycles. The molecule has 0 spiro atoms. The lowest BCUT2D eigenvalue weighted by molar-refractivity contribution is -0.136. The van der Waals surface area contributed by atoms with Crippen LogP contribution in [-0.2, 0) is 17.6 Å². The van der Waals surface area contributed by atoms with Crippen LogP contribution in [0.3, 0.4) is 0 Å². The van der Waals surface area contributed by atoms with Gasteiger partial charge in [0.25, 0.3) is 0 Å². The molecule has 3 aromatic rings. The Kier molecular flexibility index (Phi) is 3.28. The first-order valence-electron chi connectivity index (χ1n) is 6.36. The highest BCUT2D eigenvalue weighted by atomic mass is 32.1. The number of para-hydroxylation sites is 1. The van der Waals surface area contributed by atoms with Gasteiger partial charge >= 0.3 is 5.97 Å². The lowest BCUT2D eigenvalue weighted by Gasteiger charge is -1.96. The summed E-state index contributed by atoms with van der Waals surface area (Å²) in [5.74, 6) is -0.118. The Hall–Kier alpha value is -2.14. The number of aliphatic carboxylic acids is 1. The topological polar surface area (TPSA) is 63.3 Å². The molecule has 0 radical (unpaired) electrons. The first-order chi connectivity index (χ1) is 9.69. The third kappa shape index (κ3) is 2.20. The number of aromatic nitrogens is 1. The molecule has 1 aromatic carbocycles. The summed E-state index contributed by atoms with van der Waals surface area (Å²) in [6.45, 7) is 2.07. The van der Waals surface area contributed by atoms with Crippen LogP contribution < -0.4 is 0 Å². The van der Waals surface area contributed by atoms with Crippen LogP contribution in [0, 0.1) is 0 Å². The number of hydrogen-bond acceptors (Lipinski definition) is 4. The number of furan rings is 1. The zero-order valence-electron chi connectivity index (χ0n) is 10.9. The van der Waals surface area contributed by atoms with Crippen LogP contribution in [0.4, 0.5) is 0 Å². The summed E-state index contributed by atoms with van der Waals surface area (Å²) in [5.41, 5.74) is 2.68. The van der Waals surface area contributed by atoms with Crippen molar-refractivity contribution in [1.82, 2.24) is 4.98 Å². The second kappa shape index (κ2) is 5.09. The molecule has 5 heteroatoms. The van der Waals surface area contributed by atoms with Crippen LogP contribution in [0.5, 0.6) is 0 Å². The Morgan fingerprint density at radius 2 is 2.20 bits per heavy atom. The second-order valence-electron chi connectivity index (χ2n) is 4.46. The van der Waals surface area contributed by atoms with Gasteiger partial charge in [-0.05, 0) is 12.5 Å². The highest BCUT2D eigenvalue weighted by Gasteiger charge is 2.17.